The number of fused-ring (bicyclic) bond motifs is 1. The van der Waals surface area contributed by atoms with Gasteiger partial charge in [0.25, 0.3) is 5.91 Å². The minimum atomic E-state index is -0.543. The van der Waals surface area contributed by atoms with Crippen molar-refractivity contribution in [1.82, 2.24) is 15.3 Å². The number of hydrogen-bond donors (Lipinski definition) is 2. The smallest absolute Gasteiger partial charge is 0.251 e. The fraction of sp³-hybridized carbons (Fsp3) is 0.304. The van der Waals surface area contributed by atoms with Crippen molar-refractivity contribution in [2.45, 2.75) is 12.8 Å². The minimum Gasteiger partial charge on any atom is -0.388 e. The summed E-state index contributed by atoms with van der Waals surface area (Å²) in [6.07, 6.45) is 4.77. The standard InChI is InChI=1S/C23H24N4O3/c28-15-21(29)20-13-25-23(26-14-20)27-9-7-16(8-10-27)12-24-22(30)19-6-5-17-3-1-2-4-18(17)11-19/h1-6,11,13-14,16,28H,7-10,12,15H2,(H,24,30). The number of hydrogen-bond acceptors (Lipinski definition) is 6. The molecule has 0 unspecified atom stereocenters. The molecule has 1 saturated heterocycles. The summed E-state index contributed by atoms with van der Waals surface area (Å²) in [6, 6.07) is 13.8. The number of nitrogens with zero attached hydrogens (tertiary/aromatic N) is 3. The number of aromatic nitrogens is 2. The molecule has 1 aliphatic heterocycles. The minimum absolute atomic E-state index is 0.0457. The van der Waals surface area contributed by atoms with Gasteiger partial charge < -0.3 is 15.3 Å². The van der Waals surface area contributed by atoms with Crippen molar-refractivity contribution in [2.24, 2.45) is 5.92 Å². The molecule has 30 heavy (non-hydrogen) atoms. The molecule has 0 bridgehead atoms. The molecule has 2 heterocycles. The van der Waals surface area contributed by atoms with Crippen LogP contribution in [0.25, 0.3) is 10.8 Å². The van der Waals surface area contributed by atoms with Gasteiger partial charge in [-0.05, 0) is 41.7 Å². The monoisotopic (exact) mass is 404 g/mol. The number of anilines is 1. The van der Waals surface area contributed by atoms with Crippen LogP contribution in [0.2, 0.25) is 0 Å². The summed E-state index contributed by atoms with van der Waals surface area (Å²) in [5.41, 5.74) is 0.990. The highest BCUT2D eigenvalue weighted by Crippen LogP contribution is 2.21. The highest BCUT2D eigenvalue weighted by atomic mass is 16.3. The Balaban J connectivity index is 1.28. The summed E-state index contributed by atoms with van der Waals surface area (Å²) >= 11 is 0. The third-order valence-corrected chi connectivity index (χ3v) is 5.56. The van der Waals surface area contributed by atoms with E-state index in [0.717, 1.165) is 36.7 Å². The molecule has 3 aromatic rings. The van der Waals surface area contributed by atoms with Gasteiger partial charge in [-0.2, -0.15) is 0 Å². The zero-order valence-corrected chi connectivity index (χ0v) is 16.6. The van der Waals surface area contributed by atoms with E-state index in [1.165, 1.54) is 12.4 Å². The molecule has 7 heteroatoms. The first kappa shape index (κ1) is 20.0. The van der Waals surface area contributed by atoms with E-state index in [1.807, 2.05) is 42.5 Å². The van der Waals surface area contributed by atoms with Crippen molar-refractivity contribution in [2.75, 3.05) is 31.1 Å². The number of piperidine rings is 1. The first-order valence-corrected chi connectivity index (χ1v) is 10.1. The lowest BCUT2D eigenvalue weighted by Gasteiger charge is -2.32. The summed E-state index contributed by atoms with van der Waals surface area (Å²) in [6.45, 7) is 1.69. The van der Waals surface area contributed by atoms with Crippen molar-refractivity contribution >= 4 is 28.4 Å². The van der Waals surface area contributed by atoms with Gasteiger partial charge in [-0.25, -0.2) is 9.97 Å². The Morgan fingerprint density at radius 2 is 1.70 bits per heavy atom. The first-order valence-electron chi connectivity index (χ1n) is 10.1. The SMILES string of the molecule is O=C(CO)c1cnc(N2CCC(CNC(=O)c3ccc4ccccc4c3)CC2)nc1. The molecule has 4 rings (SSSR count). The van der Waals surface area contributed by atoms with E-state index in [9.17, 15) is 9.59 Å². The van der Waals surface area contributed by atoms with Crippen LogP contribution in [0.1, 0.15) is 33.6 Å². The van der Waals surface area contributed by atoms with Crippen LogP contribution in [0, 0.1) is 5.92 Å². The highest BCUT2D eigenvalue weighted by Gasteiger charge is 2.22. The van der Waals surface area contributed by atoms with Gasteiger partial charge in [0.05, 0.1) is 5.56 Å². The van der Waals surface area contributed by atoms with Gasteiger partial charge in [-0.3, -0.25) is 9.59 Å². The molecule has 0 atom stereocenters. The van der Waals surface area contributed by atoms with E-state index in [4.69, 9.17) is 5.11 Å². The number of aliphatic hydroxyl groups is 1. The molecule has 1 aliphatic rings. The Kier molecular flexibility index (Phi) is 5.99. The molecule has 0 saturated carbocycles. The predicted molar refractivity (Wildman–Crippen MR) is 115 cm³/mol. The maximum absolute atomic E-state index is 12.5. The predicted octanol–water partition coefficient (Wildman–Crippen LogP) is 2.45. The van der Waals surface area contributed by atoms with Crippen molar-refractivity contribution in [3.8, 4) is 0 Å². The number of carbonyl (C=O) groups is 2. The van der Waals surface area contributed by atoms with Crippen molar-refractivity contribution in [1.29, 1.82) is 0 Å². The Labute approximate surface area is 174 Å². The highest BCUT2D eigenvalue weighted by molar-refractivity contribution is 5.98. The van der Waals surface area contributed by atoms with Crippen LogP contribution >= 0.6 is 0 Å². The molecule has 0 radical (unpaired) electrons. The molecule has 0 spiro atoms. The number of ketones is 1. The molecule has 1 fully saturated rings. The number of amides is 1. The third kappa shape index (κ3) is 4.46. The summed E-state index contributed by atoms with van der Waals surface area (Å²) in [7, 11) is 0. The van der Waals surface area contributed by atoms with E-state index >= 15 is 0 Å². The lowest BCUT2D eigenvalue weighted by Crippen LogP contribution is -2.39. The fourth-order valence-corrected chi connectivity index (χ4v) is 3.73. The van der Waals surface area contributed by atoms with Gasteiger partial charge in [0, 0.05) is 37.6 Å². The molecule has 2 aromatic carbocycles. The lowest BCUT2D eigenvalue weighted by atomic mass is 9.97. The molecular formula is C23H24N4O3. The van der Waals surface area contributed by atoms with Crippen LogP contribution in [0.15, 0.2) is 54.9 Å². The lowest BCUT2D eigenvalue weighted by molar-refractivity contribution is 0.0902. The van der Waals surface area contributed by atoms with E-state index in [1.54, 1.807) is 0 Å². The Hall–Kier alpha value is -3.32. The van der Waals surface area contributed by atoms with Crippen LogP contribution in [0.4, 0.5) is 5.95 Å². The summed E-state index contributed by atoms with van der Waals surface area (Å²) < 4.78 is 0. The normalized spacial score (nSPS) is 14.6. The topological polar surface area (TPSA) is 95.4 Å². The summed E-state index contributed by atoms with van der Waals surface area (Å²) in [4.78, 5) is 34.6. The fourth-order valence-electron chi connectivity index (χ4n) is 3.73. The maximum Gasteiger partial charge on any atom is 0.251 e. The summed E-state index contributed by atoms with van der Waals surface area (Å²) in [5, 5.41) is 14.1. The van der Waals surface area contributed by atoms with Gasteiger partial charge in [-0.1, -0.05) is 30.3 Å². The molecule has 2 N–H and O–H groups in total. The molecule has 1 aromatic heterocycles. The van der Waals surface area contributed by atoms with Crippen molar-refractivity contribution in [3.63, 3.8) is 0 Å². The van der Waals surface area contributed by atoms with E-state index < -0.39 is 6.61 Å². The first-order chi connectivity index (χ1) is 14.6. The quantitative estimate of drug-likeness (QED) is 0.613. The summed E-state index contributed by atoms with van der Waals surface area (Å²) in [5.74, 6) is 0.558. The molecular weight excluding hydrogens is 380 g/mol. The van der Waals surface area contributed by atoms with Gasteiger partial charge in [-0.15, -0.1) is 0 Å². The van der Waals surface area contributed by atoms with Gasteiger partial charge >= 0.3 is 0 Å². The maximum atomic E-state index is 12.5. The van der Waals surface area contributed by atoms with Crippen LogP contribution in [0.5, 0.6) is 0 Å². The van der Waals surface area contributed by atoms with Gasteiger partial charge in [0.15, 0.2) is 5.78 Å². The van der Waals surface area contributed by atoms with E-state index in [-0.39, 0.29) is 11.7 Å². The second-order valence-electron chi connectivity index (χ2n) is 7.56. The van der Waals surface area contributed by atoms with Crippen molar-refractivity contribution < 1.29 is 14.7 Å². The Morgan fingerprint density at radius 3 is 2.40 bits per heavy atom. The molecule has 154 valence electrons. The van der Waals surface area contributed by atoms with E-state index in [0.29, 0.717) is 29.5 Å². The Morgan fingerprint density at radius 1 is 1.00 bits per heavy atom. The second kappa shape index (κ2) is 9.00. The number of rotatable bonds is 6. The van der Waals surface area contributed by atoms with Crippen LogP contribution < -0.4 is 10.2 Å². The largest absolute Gasteiger partial charge is 0.388 e. The number of nitrogens with one attached hydrogen (secondary N) is 1. The number of aliphatic hydroxyl groups excluding tert-OH is 1. The number of carbonyl (C=O) groups excluding carboxylic acids is 2. The molecule has 1 amide bonds. The van der Waals surface area contributed by atoms with Crippen LogP contribution in [-0.2, 0) is 0 Å². The second-order valence-corrected chi connectivity index (χ2v) is 7.56. The van der Waals surface area contributed by atoms with Gasteiger partial charge in [0.2, 0.25) is 5.95 Å². The third-order valence-electron chi connectivity index (χ3n) is 5.56. The average molecular weight is 404 g/mol. The number of benzene rings is 2. The molecule has 0 aliphatic carbocycles. The Bertz CT molecular complexity index is 1040. The zero-order chi connectivity index (χ0) is 20.9. The van der Waals surface area contributed by atoms with Gasteiger partial charge in [0.1, 0.15) is 6.61 Å². The average Bonchev–Trinajstić information content (AvgIpc) is 2.82. The molecule has 7 nitrogen and oxygen atoms in total. The van der Waals surface area contributed by atoms with Crippen molar-refractivity contribution in [3.05, 3.63) is 66.0 Å². The zero-order valence-electron chi connectivity index (χ0n) is 16.6. The number of Topliss-reactive ketones (excluding diaryl/α,β-unsaturated/α-hetero) is 1. The van der Waals surface area contributed by atoms with E-state index in [2.05, 4.69) is 20.2 Å². The van der Waals surface area contributed by atoms with Crippen LogP contribution in [0.3, 0.4) is 0 Å². The van der Waals surface area contributed by atoms with Crippen LogP contribution in [-0.4, -0.2) is 53.0 Å².